The van der Waals surface area contributed by atoms with Gasteiger partial charge in [0, 0.05) is 0 Å². The highest BCUT2D eigenvalue weighted by Crippen LogP contribution is 2.22. The molecule has 2 aromatic rings. The van der Waals surface area contributed by atoms with Crippen molar-refractivity contribution in [2.45, 2.75) is 6.61 Å². The number of carbonyl (C=O) groups excluding carboxylic acids is 1. The van der Waals surface area contributed by atoms with Crippen molar-refractivity contribution in [1.82, 2.24) is 0 Å². The number of para-hydroxylation sites is 1. The van der Waals surface area contributed by atoms with Gasteiger partial charge in [0.15, 0.2) is 0 Å². The van der Waals surface area contributed by atoms with Crippen LogP contribution < -0.4 is 4.74 Å². The molecule has 0 spiro atoms. The number of benzene rings is 2. The fourth-order valence-electron chi connectivity index (χ4n) is 2.04. The quantitative estimate of drug-likeness (QED) is 0.465. The Morgan fingerprint density at radius 1 is 1.00 bits per heavy atom. The highest BCUT2D eigenvalue weighted by molar-refractivity contribution is 6.16. The minimum atomic E-state index is -0.450. The van der Waals surface area contributed by atoms with E-state index in [9.17, 15) is 4.79 Å². The molecule has 0 aliphatic rings. The van der Waals surface area contributed by atoms with E-state index in [1.165, 1.54) is 20.5 Å². The van der Waals surface area contributed by atoms with Gasteiger partial charge in [-0.15, -0.1) is 0 Å². The van der Waals surface area contributed by atoms with Crippen molar-refractivity contribution in [1.29, 1.82) is 0 Å². The van der Waals surface area contributed by atoms with Crippen molar-refractivity contribution in [3.63, 3.8) is 0 Å². The third-order valence-electron chi connectivity index (χ3n) is 3.09. The number of carbonyl (C=O) groups is 1. The number of hydrogen-bond acceptors (Lipinski definition) is 4. The fraction of sp³-hybridized carbons (Fsp3) is 0.167. The lowest BCUT2D eigenvalue weighted by molar-refractivity contribution is -0.133. The molecule has 0 heterocycles. The number of methoxy groups -OCH3 is 2. The lowest BCUT2D eigenvalue weighted by atomic mass is 10.0. The van der Waals surface area contributed by atoms with Crippen molar-refractivity contribution in [3.8, 4) is 5.75 Å². The summed E-state index contributed by atoms with van der Waals surface area (Å²) < 4.78 is 15.6. The second-order valence-electron chi connectivity index (χ2n) is 4.52. The van der Waals surface area contributed by atoms with Crippen LogP contribution in [0.15, 0.2) is 60.9 Å². The zero-order chi connectivity index (χ0) is 15.8. The minimum Gasteiger partial charge on any atom is -0.503 e. The summed E-state index contributed by atoms with van der Waals surface area (Å²) in [5, 5.41) is 0. The van der Waals surface area contributed by atoms with Crippen molar-refractivity contribution in [2.75, 3.05) is 14.2 Å². The summed E-state index contributed by atoms with van der Waals surface area (Å²) in [6.45, 7) is 0.345. The Bertz CT molecular complexity index is 647. The molecule has 0 fully saturated rings. The number of ether oxygens (including phenoxy) is 3. The molecule has 2 aromatic carbocycles. The fourth-order valence-corrected chi connectivity index (χ4v) is 2.04. The zero-order valence-electron chi connectivity index (χ0n) is 12.6. The lowest BCUT2D eigenvalue weighted by Crippen LogP contribution is -2.08. The van der Waals surface area contributed by atoms with E-state index in [0.717, 1.165) is 16.9 Å². The molecular weight excluding hydrogens is 280 g/mol. The van der Waals surface area contributed by atoms with E-state index in [-0.39, 0.29) is 0 Å². The zero-order valence-corrected chi connectivity index (χ0v) is 12.6. The van der Waals surface area contributed by atoms with Crippen LogP contribution in [0.25, 0.3) is 5.57 Å². The van der Waals surface area contributed by atoms with Gasteiger partial charge in [0.2, 0.25) is 0 Å². The van der Waals surface area contributed by atoms with Crippen LogP contribution in [0, 0.1) is 0 Å². The number of esters is 1. The van der Waals surface area contributed by atoms with Crippen molar-refractivity contribution in [3.05, 3.63) is 72.0 Å². The van der Waals surface area contributed by atoms with Crippen LogP contribution in [0.1, 0.15) is 11.1 Å². The van der Waals surface area contributed by atoms with Crippen LogP contribution in [-0.2, 0) is 20.9 Å². The third kappa shape index (κ3) is 3.88. The van der Waals surface area contributed by atoms with Crippen LogP contribution in [0.4, 0.5) is 0 Å². The average molecular weight is 298 g/mol. The molecule has 0 radical (unpaired) electrons. The molecule has 0 unspecified atom stereocenters. The third-order valence-corrected chi connectivity index (χ3v) is 3.09. The maximum Gasteiger partial charge on any atom is 0.341 e. The van der Waals surface area contributed by atoms with E-state index in [1.807, 2.05) is 54.6 Å². The Morgan fingerprint density at radius 2 is 1.68 bits per heavy atom. The molecule has 0 saturated heterocycles. The SMILES string of the molecule is CO/C=C(\C(=O)OC)c1ccccc1COc1ccccc1. The molecule has 2 rings (SSSR count). The number of rotatable bonds is 6. The molecule has 4 heteroatoms. The van der Waals surface area contributed by atoms with Crippen molar-refractivity contribution < 1.29 is 19.0 Å². The molecule has 0 atom stereocenters. The van der Waals surface area contributed by atoms with Crippen LogP contribution in [0.2, 0.25) is 0 Å². The average Bonchev–Trinajstić information content (AvgIpc) is 2.58. The lowest BCUT2D eigenvalue weighted by Gasteiger charge is -2.12. The topological polar surface area (TPSA) is 44.8 Å². The maximum absolute atomic E-state index is 11.9. The van der Waals surface area contributed by atoms with Gasteiger partial charge in [0.05, 0.1) is 20.5 Å². The first kappa shape index (κ1) is 15.6. The highest BCUT2D eigenvalue weighted by Gasteiger charge is 2.16. The summed E-state index contributed by atoms with van der Waals surface area (Å²) >= 11 is 0. The van der Waals surface area contributed by atoms with E-state index < -0.39 is 5.97 Å². The predicted octanol–water partition coefficient (Wildman–Crippen LogP) is 3.43. The Hall–Kier alpha value is -2.75. The summed E-state index contributed by atoms with van der Waals surface area (Å²) in [4.78, 5) is 11.9. The van der Waals surface area contributed by atoms with Crippen LogP contribution in [-0.4, -0.2) is 20.2 Å². The summed E-state index contributed by atoms with van der Waals surface area (Å²) in [5.41, 5.74) is 1.96. The van der Waals surface area contributed by atoms with Gasteiger partial charge in [-0.05, 0) is 23.3 Å². The van der Waals surface area contributed by atoms with Crippen LogP contribution >= 0.6 is 0 Å². The van der Waals surface area contributed by atoms with E-state index in [0.29, 0.717) is 12.2 Å². The van der Waals surface area contributed by atoms with Gasteiger partial charge in [-0.1, -0.05) is 42.5 Å². The van der Waals surface area contributed by atoms with Crippen LogP contribution in [0.5, 0.6) is 5.75 Å². The van der Waals surface area contributed by atoms with E-state index in [2.05, 4.69) is 0 Å². The van der Waals surface area contributed by atoms with Gasteiger partial charge in [-0.25, -0.2) is 4.79 Å². The molecule has 0 bridgehead atoms. The van der Waals surface area contributed by atoms with Gasteiger partial charge in [-0.3, -0.25) is 0 Å². The smallest absolute Gasteiger partial charge is 0.341 e. The Morgan fingerprint density at radius 3 is 2.36 bits per heavy atom. The molecule has 0 amide bonds. The standard InChI is InChI=1S/C18H18O4/c1-20-13-17(18(19)21-2)16-11-7-6-8-14(16)12-22-15-9-4-3-5-10-15/h3-11,13H,12H2,1-2H3/b17-13-. The van der Waals surface area contributed by atoms with E-state index in [4.69, 9.17) is 14.2 Å². The van der Waals surface area contributed by atoms with Gasteiger partial charge >= 0.3 is 5.97 Å². The molecule has 0 aliphatic heterocycles. The predicted molar refractivity (Wildman–Crippen MR) is 84.2 cm³/mol. The first-order valence-corrected chi connectivity index (χ1v) is 6.83. The van der Waals surface area contributed by atoms with E-state index in [1.54, 1.807) is 0 Å². The Balaban J connectivity index is 2.26. The molecule has 114 valence electrons. The second kappa shape index (κ2) is 7.88. The molecule has 4 nitrogen and oxygen atoms in total. The normalized spacial score (nSPS) is 10.9. The van der Waals surface area contributed by atoms with Gasteiger partial charge < -0.3 is 14.2 Å². The van der Waals surface area contributed by atoms with Gasteiger partial charge in [0.25, 0.3) is 0 Å². The largest absolute Gasteiger partial charge is 0.503 e. The molecule has 0 aliphatic carbocycles. The highest BCUT2D eigenvalue weighted by atomic mass is 16.5. The summed E-state index contributed by atoms with van der Waals surface area (Å²) in [7, 11) is 2.83. The van der Waals surface area contributed by atoms with Crippen molar-refractivity contribution >= 4 is 11.5 Å². The molecule has 0 saturated carbocycles. The van der Waals surface area contributed by atoms with Gasteiger partial charge in [0.1, 0.15) is 17.9 Å². The summed E-state index contributed by atoms with van der Waals surface area (Å²) in [6.07, 6.45) is 1.38. The molecule has 22 heavy (non-hydrogen) atoms. The summed E-state index contributed by atoms with van der Waals surface area (Å²) in [6, 6.07) is 17.0. The molecular formula is C18H18O4. The van der Waals surface area contributed by atoms with E-state index >= 15 is 0 Å². The first-order valence-electron chi connectivity index (χ1n) is 6.83. The van der Waals surface area contributed by atoms with Crippen LogP contribution in [0.3, 0.4) is 0 Å². The monoisotopic (exact) mass is 298 g/mol. The number of hydrogen-bond donors (Lipinski definition) is 0. The first-order chi connectivity index (χ1) is 10.8. The van der Waals surface area contributed by atoms with Crippen molar-refractivity contribution in [2.24, 2.45) is 0 Å². The maximum atomic E-state index is 11.9. The van der Waals surface area contributed by atoms with Gasteiger partial charge in [-0.2, -0.15) is 0 Å². The Labute approximate surface area is 129 Å². The minimum absolute atomic E-state index is 0.345. The molecule has 0 aromatic heterocycles. The molecule has 0 N–H and O–H groups in total. The summed E-state index contributed by atoms with van der Waals surface area (Å²) in [5.74, 6) is 0.321. The second-order valence-corrected chi connectivity index (χ2v) is 4.52. The Kier molecular flexibility index (Phi) is 5.60.